The van der Waals surface area contributed by atoms with Crippen LogP contribution in [-0.4, -0.2) is 33.5 Å². The number of ether oxygens (including phenoxy) is 2. The molecule has 0 saturated heterocycles. The van der Waals surface area contributed by atoms with Gasteiger partial charge in [0.25, 0.3) is 0 Å². The van der Waals surface area contributed by atoms with Gasteiger partial charge in [0.1, 0.15) is 24.6 Å². The van der Waals surface area contributed by atoms with E-state index in [1.807, 2.05) is 12.1 Å². The first-order valence-electron chi connectivity index (χ1n) is 7.74. The zero-order valence-corrected chi connectivity index (χ0v) is 13.3. The average Bonchev–Trinajstić information content (AvgIpc) is 3.00. The van der Waals surface area contributed by atoms with Gasteiger partial charge in [-0.15, -0.1) is 5.10 Å². The van der Waals surface area contributed by atoms with Crippen LogP contribution in [0.25, 0.3) is 0 Å². The third-order valence-electron chi connectivity index (χ3n) is 3.54. The molecule has 0 spiro atoms. The highest BCUT2D eigenvalue weighted by molar-refractivity contribution is 5.93. The Labute approximate surface area is 138 Å². The van der Waals surface area contributed by atoms with Gasteiger partial charge in [-0.05, 0) is 37.1 Å². The summed E-state index contributed by atoms with van der Waals surface area (Å²) in [5.41, 5.74) is 2.50. The fourth-order valence-corrected chi connectivity index (χ4v) is 2.43. The Bertz CT molecular complexity index is 756. The number of hydrogen-bond acceptors (Lipinski definition) is 6. The highest BCUT2D eigenvalue weighted by atomic mass is 16.5. The maximum atomic E-state index is 11.4. The van der Waals surface area contributed by atoms with E-state index in [4.69, 9.17) is 9.47 Å². The van der Waals surface area contributed by atoms with Crippen molar-refractivity contribution in [3.63, 3.8) is 0 Å². The molecule has 0 unspecified atom stereocenters. The quantitative estimate of drug-likeness (QED) is 0.802. The predicted molar refractivity (Wildman–Crippen MR) is 84.4 cm³/mol. The molecule has 0 radical (unpaired) electrons. The van der Waals surface area contributed by atoms with Crippen molar-refractivity contribution in [2.45, 2.75) is 32.9 Å². The highest BCUT2D eigenvalue weighted by Crippen LogP contribution is 2.27. The average molecular weight is 330 g/mol. The smallest absolute Gasteiger partial charge is 0.327 e. The molecule has 1 aliphatic heterocycles. The van der Waals surface area contributed by atoms with E-state index >= 15 is 0 Å². The summed E-state index contributed by atoms with van der Waals surface area (Å²) in [7, 11) is 0. The summed E-state index contributed by atoms with van der Waals surface area (Å²) in [6, 6.07) is 5.55. The first-order chi connectivity index (χ1) is 11.6. The minimum atomic E-state index is -0.355. The van der Waals surface area contributed by atoms with Gasteiger partial charge < -0.3 is 14.8 Å². The van der Waals surface area contributed by atoms with E-state index in [1.54, 1.807) is 19.2 Å². The fourth-order valence-electron chi connectivity index (χ4n) is 2.43. The van der Waals surface area contributed by atoms with E-state index in [0.29, 0.717) is 30.9 Å². The molecule has 1 amide bonds. The molecule has 1 aromatic heterocycles. The molecule has 2 heterocycles. The SMILES string of the molecule is CCOC(=O)Cn1cc(COc2ccc3c(c2)CCC(=O)N3)nn1. The molecule has 0 saturated carbocycles. The Kier molecular flexibility index (Phi) is 4.74. The molecule has 0 fully saturated rings. The second kappa shape index (κ2) is 7.12. The minimum absolute atomic E-state index is 0.0272. The minimum Gasteiger partial charge on any atom is -0.487 e. The number of hydrogen-bond donors (Lipinski definition) is 1. The van der Waals surface area contributed by atoms with Crippen molar-refractivity contribution in [1.82, 2.24) is 15.0 Å². The van der Waals surface area contributed by atoms with Gasteiger partial charge in [-0.25, -0.2) is 4.68 Å². The number of carbonyl (C=O) groups is 2. The lowest BCUT2D eigenvalue weighted by Gasteiger charge is -2.17. The number of nitrogens with one attached hydrogen (secondary N) is 1. The summed E-state index contributed by atoms with van der Waals surface area (Å²) >= 11 is 0. The zero-order chi connectivity index (χ0) is 16.9. The lowest BCUT2D eigenvalue weighted by Crippen LogP contribution is -2.18. The zero-order valence-electron chi connectivity index (χ0n) is 13.3. The second-order valence-corrected chi connectivity index (χ2v) is 5.37. The van der Waals surface area contributed by atoms with Crippen LogP contribution in [0.15, 0.2) is 24.4 Å². The summed E-state index contributed by atoms with van der Waals surface area (Å²) in [6.07, 6.45) is 2.84. The highest BCUT2D eigenvalue weighted by Gasteiger charge is 2.15. The van der Waals surface area contributed by atoms with Crippen molar-refractivity contribution in [3.05, 3.63) is 35.7 Å². The van der Waals surface area contributed by atoms with Gasteiger partial charge in [-0.1, -0.05) is 5.21 Å². The van der Waals surface area contributed by atoms with Gasteiger partial charge in [0.15, 0.2) is 0 Å². The number of aryl methyl sites for hydroxylation is 1. The molecule has 24 heavy (non-hydrogen) atoms. The van der Waals surface area contributed by atoms with Crippen LogP contribution >= 0.6 is 0 Å². The Balaban J connectivity index is 1.57. The molecule has 0 bridgehead atoms. The van der Waals surface area contributed by atoms with E-state index in [9.17, 15) is 9.59 Å². The van der Waals surface area contributed by atoms with Crippen molar-refractivity contribution < 1.29 is 19.1 Å². The van der Waals surface area contributed by atoms with E-state index < -0.39 is 0 Å². The number of aromatic nitrogens is 3. The van der Waals surface area contributed by atoms with Crippen LogP contribution in [0.2, 0.25) is 0 Å². The number of carbonyl (C=O) groups excluding carboxylic acids is 2. The summed E-state index contributed by atoms with van der Waals surface area (Å²) in [5.74, 6) is 0.380. The van der Waals surface area contributed by atoms with E-state index in [1.165, 1.54) is 4.68 Å². The van der Waals surface area contributed by atoms with Gasteiger partial charge >= 0.3 is 5.97 Å². The number of nitrogens with zero attached hydrogens (tertiary/aromatic N) is 3. The maximum Gasteiger partial charge on any atom is 0.327 e. The summed E-state index contributed by atoms with van der Waals surface area (Å²) in [5, 5.41) is 10.7. The first-order valence-corrected chi connectivity index (χ1v) is 7.74. The standard InChI is InChI=1S/C16H18N4O4/c1-2-23-16(22)9-20-8-12(18-19-20)10-24-13-4-5-14-11(7-13)3-6-15(21)17-14/h4-5,7-8H,2-3,6,9-10H2,1H3,(H,17,21). The Morgan fingerprint density at radius 3 is 3.08 bits per heavy atom. The van der Waals surface area contributed by atoms with Gasteiger partial charge in [0, 0.05) is 12.1 Å². The molecule has 8 heteroatoms. The molecular formula is C16H18N4O4. The molecule has 3 rings (SSSR count). The lowest BCUT2D eigenvalue weighted by atomic mass is 10.0. The maximum absolute atomic E-state index is 11.4. The van der Waals surface area contributed by atoms with Crippen molar-refractivity contribution in [1.29, 1.82) is 0 Å². The Morgan fingerprint density at radius 1 is 1.38 bits per heavy atom. The van der Waals surface area contributed by atoms with Crippen LogP contribution in [0.5, 0.6) is 5.75 Å². The van der Waals surface area contributed by atoms with E-state index in [0.717, 1.165) is 11.3 Å². The number of amides is 1. The van der Waals surface area contributed by atoms with Crippen LogP contribution < -0.4 is 10.1 Å². The molecule has 8 nitrogen and oxygen atoms in total. The van der Waals surface area contributed by atoms with Crippen molar-refractivity contribution >= 4 is 17.6 Å². The molecule has 0 atom stereocenters. The third-order valence-corrected chi connectivity index (χ3v) is 3.54. The Hall–Kier alpha value is -2.90. The number of esters is 1. The normalized spacial score (nSPS) is 13.1. The molecule has 1 aliphatic rings. The van der Waals surface area contributed by atoms with Gasteiger partial charge in [-0.2, -0.15) is 0 Å². The summed E-state index contributed by atoms with van der Waals surface area (Å²) in [6.45, 7) is 2.36. The number of anilines is 1. The van der Waals surface area contributed by atoms with Crippen LogP contribution in [0.1, 0.15) is 24.6 Å². The van der Waals surface area contributed by atoms with Crippen molar-refractivity contribution in [2.75, 3.05) is 11.9 Å². The molecule has 1 N–H and O–H groups in total. The fraction of sp³-hybridized carbons (Fsp3) is 0.375. The Morgan fingerprint density at radius 2 is 2.25 bits per heavy atom. The number of rotatable bonds is 6. The summed E-state index contributed by atoms with van der Waals surface area (Å²) in [4.78, 5) is 22.7. The van der Waals surface area contributed by atoms with Crippen LogP contribution in [-0.2, 0) is 33.9 Å². The topological polar surface area (TPSA) is 95.3 Å². The third kappa shape index (κ3) is 3.89. The van der Waals surface area contributed by atoms with E-state index in [-0.39, 0.29) is 25.0 Å². The van der Waals surface area contributed by atoms with Crippen LogP contribution in [0.4, 0.5) is 5.69 Å². The van der Waals surface area contributed by atoms with Gasteiger partial charge in [-0.3, -0.25) is 9.59 Å². The predicted octanol–water partition coefficient (Wildman–Crippen LogP) is 1.30. The molecule has 2 aromatic rings. The number of fused-ring (bicyclic) bond motifs is 1. The molecule has 1 aromatic carbocycles. The molecular weight excluding hydrogens is 312 g/mol. The van der Waals surface area contributed by atoms with Crippen molar-refractivity contribution in [3.8, 4) is 5.75 Å². The monoisotopic (exact) mass is 330 g/mol. The van der Waals surface area contributed by atoms with Crippen molar-refractivity contribution in [2.24, 2.45) is 0 Å². The van der Waals surface area contributed by atoms with Gasteiger partial charge in [0.2, 0.25) is 5.91 Å². The van der Waals surface area contributed by atoms with Gasteiger partial charge in [0.05, 0.1) is 12.8 Å². The van der Waals surface area contributed by atoms with E-state index in [2.05, 4.69) is 15.6 Å². The first kappa shape index (κ1) is 16.0. The number of benzene rings is 1. The summed E-state index contributed by atoms with van der Waals surface area (Å²) < 4.78 is 12.0. The molecule has 0 aliphatic carbocycles. The largest absolute Gasteiger partial charge is 0.487 e. The lowest BCUT2D eigenvalue weighted by molar-refractivity contribution is -0.144. The van der Waals surface area contributed by atoms with Crippen LogP contribution in [0.3, 0.4) is 0 Å². The molecule has 126 valence electrons. The second-order valence-electron chi connectivity index (χ2n) is 5.37. The van der Waals surface area contributed by atoms with Crippen LogP contribution in [0, 0.1) is 0 Å².